The number of nitrogens with two attached hydrogens (primary N) is 4. The number of hydrogen-bond donors (Lipinski definition) is 4. The highest BCUT2D eigenvalue weighted by Gasteiger charge is 1.93. The molecule has 0 aliphatic rings. The molecule has 0 aromatic heterocycles. The summed E-state index contributed by atoms with van der Waals surface area (Å²) in [7, 11) is 0. The molecule has 0 spiro atoms. The quantitative estimate of drug-likeness (QED) is 0.463. The minimum atomic E-state index is -0.341. The molecule has 0 atom stereocenters. The van der Waals surface area contributed by atoms with Crippen molar-refractivity contribution in [3.63, 3.8) is 0 Å². The lowest BCUT2D eigenvalue weighted by Crippen LogP contribution is -2.19. The highest BCUT2D eigenvalue weighted by molar-refractivity contribution is 5.16. The third kappa shape index (κ3) is 6.24. The van der Waals surface area contributed by atoms with Crippen molar-refractivity contribution in [2.45, 2.75) is 6.17 Å². The summed E-state index contributed by atoms with van der Waals surface area (Å²) in [6, 6.07) is 9.59. The molecule has 8 N–H and O–H groups in total. The van der Waals surface area contributed by atoms with E-state index in [-0.39, 0.29) is 6.17 Å². The van der Waals surface area contributed by atoms with Gasteiger partial charge < -0.3 is 22.9 Å². The Morgan fingerprint density at radius 3 is 1.62 bits per heavy atom. The van der Waals surface area contributed by atoms with Gasteiger partial charge in [0.15, 0.2) is 0 Å². The van der Waals surface area contributed by atoms with Gasteiger partial charge in [-0.25, -0.2) is 0 Å². The van der Waals surface area contributed by atoms with Crippen LogP contribution in [-0.4, -0.2) is 13.1 Å². The minimum Gasteiger partial charge on any atom is -0.329 e. The van der Waals surface area contributed by atoms with Gasteiger partial charge in [-0.05, 0) is 5.56 Å². The largest absolute Gasteiger partial charge is 0.329 e. The summed E-state index contributed by atoms with van der Waals surface area (Å²) < 4.78 is 0. The Morgan fingerprint density at radius 2 is 1.38 bits per heavy atom. The van der Waals surface area contributed by atoms with E-state index in [0.29, 0.717) is 13.1 Å². The van der Waals surface area contributed by atoms with E-state index >= 15 is 0 Å². The van der Waals surface area contributed by atoms with Crippen molar-refractivity contribution in [3.05, 3.63) is 35.9 Å². The van der Waals surface area contributed by atoms with Crippen LogP contribution in [0.4, 0.5) is 0 Å². The first kappa shape index (κ1) is 12.1. The standard InChI is InChI=1S/C7H10N2.C2H8N2/c8-7(9)6-4-2-1-3-5-6;3-1-2-4/h1-5,7H,8-9H2;1-4H2. The first-order valence-corrected chi connectivity index (χ1v) is 4.18. The Hall–Kier alpha value is -0.940. The molecule has 0 aliphatic heterocycles. The summed E-state index contributed by atoms with van der Waals surface area (Å²) in [5, 5.41) is 0. The Bertz CT molecular complexity index is 196. The molecule has 0 fully saturated rings. The predicted octanol–water partition coefficient (Wildman–Crippen LogP) is -0.494. The number of hydrogen-bond acceptors (Lipinski definition) is 4. The molecular formula is C9H18N4. The van der Waals surface area contributed by atoms with Crippen LogP contribution in [0.15, 0.2) is 30.3 Å². The van der Waals surface area contributed by atoms with E-state index in [1.807, 2.05) is 30.3 Å². The van der Waals surface area contributed by atoms with Gasteiger partial charge in [0.25, 0.3) is 0 Å². The van der Waals surface area contributed by atoms with Gasteiger partial charge in [-0.15, -0.1) is 0 Å². The van der Waals surface area contributed by atoms with Crippen LogP contribution in [0.5, 0.6) is 0 Å². The van der Waals surface area contributed by atoms with Crippen molar-refractivity contribution in [2.75, 3.05) is 13.1 Å². The highest BCUT2D eigenvalue weighted by Crippen LogP contribution is 2.01. The monoisotopic (exact) mass is 182 g/mol. The second-order valence-electron chi connectivity index (χ2n) is 2.51. The molecule has 74 valence electrons. The smallest absolute Gasteiger partial charge is 0.0784 e. The van der Waals surface area contributed by atoms with E-state index in [2.05, 4.69) is 0 Å². The van der Waals surface area contributed by atoms with Crippen molar-refractivity contribution in [2.24, 2.45) is 22.9 Å². The fourth-order valence-corrected chi connectivity index (χ4v) is 0.675. The van der Waals surface area contributed by atoms with E-state index < -0.39 is 0 Å². The zero-order valence-corrected chi connectivity index (χ0v) is 7.69. The lowest BCUT2D eigenvalue weighted by Gasteiger charge is -2.02. The van der Waals surface area contributed by atoms with Crippen LogP contribution in [0.1, 0.15) is 11.7 Å². The van der Waals surface area contributed by atoms with Crippen molar-refractivity contribution in [1.29, 1.82) is 0 Å². The van der Waals surface area contributed by atoms with E-state index in [4.69, 9.17) is 22.9 Å². The zero-order chi connectivity index (χ0) is 10.1. The molecule has 0 heterocycles. The van der Waals surface area contributed by atoms with Crippen molar-refractivity contribution in [3.8, 4) is 0 Å². The summed E-state index contributed by atoms with van der Waals surface area (Å²) >= 11 is 0. The normalized spacial score (nSPS) is 9.31. The van der Waals surface area contributed by atoms with E-state index in [9.17, 15) is 0 Å². The van der Waals surface area contributed by atoms with E-state index in [1.165, 1.54) is 0 Å². The van der Waals surface area contributed by atoms with Crippen molar-refractivity contribution < 1.29 is 0 Å². The lowest BCUT2D eigenvalue weighted by atomic mass is 10.2. The molecule has 1 aromatic rings. The summed E-state index contributed by atoms with van der Waals surface area (Å²) in [5.41, 5.74) is 21.6. The Labute approximate surface area is 78.9 Å². The topological polar surface area (TPSA) is 104 Å². The molecule has 13 heavy (non-hydrogen) atoms. The summed E-state index contributed by atoms with van der Waals surface area (Å²) in [4.78, 5) is 0. The molecule has 0 unspecified atom stereocenters. The minimum absolute atomic E-state index is 0.341. The first-order chi connectivity index (χ1) is 6.22. The maximum Gasteiger partial charge on any atom is 0.0784 e. The number of benzene rings is 1. The van der Waals surface area contributed by atoms with Gasteiger partial charge in [-0.2, -0.15) is 0 Å². The summed E-state index contributed by atoms with van der Waals surface area (Å²) in [6.07, 6.45) is -0.341. The van der Waals surface area contributed by atoms with Gasteiger partial charge in [0, 0.05) is 13.1 Å². The highest BCUT2D eigenvalue weighted by atomic mass is 14.8. The first-order valence-electron chi connectivity index (χ1n) is 4.18. The number of rotatable bonds is 2. The molecule has 0 saturated carbocycles. The molecule has 0 aliphatic carbocycles. The molecule has 4 nitrogen and oxygen atoms in total. The zero-order valence-electron chi connectivity index (χ0n) is 7.69. The van der Waals surface area contributed by atoms with Crippen LogP contribution in [0.3, 0.4) is 0 Å². The second-order valence-corrected chi connectivity index (χ2v) is 2.51. The van der Waals surface area contributed by atoms with E-state index in [1.54, 1.807) is 0 Å². The SMILES string of the molecule is NC(N)c1ccccc1.NCCN. The predicted molar refractivity (Wildman–Crippen MR) is 55.7 cm³/mol. The molecule has 4 heteroatoms. The molecule has 1 aromatic carbocycles. The molecule has 0 amide bonds. The maximum atomic E-state index is 5.39. The van der Waals surface area contributed by atoms with Gasteiger partial charge >= 0.3 is 0 Å². The Balaban J connectivity index is 0.000000310. The Kier molecular flexibility index (Phi) is 7.14. The average molecular weight is 182 g/mol. The second kappa shape index (κ2) is 7.70. The van der Waals surface area contributed by atoms with E-state index in [0.717, 1.165) is 5.56 Å². The molecular weight excluding hydrogens is 164 g/mol. The molecule has 0 radical (unpaired) electrons. The van der Waals surface area contributed by atoms with Crippen LogP contribution < -0.4 is 22.9 Å². The van der Waals surface area contributed by atoms with Crippen molar-refractivity contribution >= 4 is 0 Å². The summed E-state index contributed by atoms with van der Waals surface area (Å²) in [6.45, 7) is 1.19. The van der Waals surface area contributed by atoms with Crippen LogP contribution in [-0.2, 0) is 0 Å². The van der Waals surface area contributed by atoms with Gasteiger partial charge in [0.2, 0.25) is 0 Å². The van der Waals surface area contributed by atoms with Crippen LogP contribution in [0.25, 0.3) is 0 Å². The third-order valence-electron chi connectivity index (χ3n) is 1.35. The van der Waals surface area contributed by atoms with Gasteiger partial charge in [-0.3, -0.25) is 0 Å². The summed E-state index contributed by atoms with van der Waals surface area (Å²) in [5.74, 6) is 0. The van der Waals surface area contributed by atoms with Crippen LogP contribution in [0, 0.1) is 0 Å². The van der Waals surface area contributed by atoms with Crippen LogP contribution in [0.2, 0.25) is 0 Å². The lowest BCUT2D eigenvalue weighted by molar-refractivity contribution is 0.774. The molecule has 0 bridgehead atoms. The molecule has 0 saturated heterocycles. The van der Waals surface area contributed by atoms with Gasteiger partial charge in [0.1, 0.15) is 0 Å². The maximum absolute atomic E-state index is 5.39. The fraction of sp³-hybridized carbons (Fsp3) is 0.333. The van der Waals surface area contributed by atoms with Gasteiger partial charge in [-0.1, -0.05) is 30.3 Å². The van der Waals surface area contributed by atoms with Crippen LogP contribution >= 0.6 is 0 Å². The third-order valence-corrected chi connectivity index (χ3v) is 1.35. The van der Waals surface area contributed by atoms with Gasteiger partial charge in [0.05, 0.1) is 6.17 Å². The fourth-order valence-electron chi connectivity index (χ4n) is 0.675. The molecule has 1 rings (SSSR count). The van der Waals surface area contributed by atoms with Crippen molar-refractivity contribution in [1.82, 2.24) is 0 Å². The Morgan fingerprint density at radius 1 is 0.923 bits per heavy atom. The average Bonchev–Trinajstić information content (AvgIpc) is 2.19.